The number of aliphatic hydroxyl groups excluding tert-OH is 1. The van der Waals surface area contributed by atoms with Crippen molar-refractivity contribution < 1.29 is 28.9 Å². The number of carboxylic acids is 1. The molecule has 0 spiro atoms. The van der Waals surface area contributed by atoms with Crippen molar-refractivity contribution >= 4 is 16.9 Å². The highest BCUT2D eigenvalue weighted by Gasteiger charge is 2.12. The average Bonchev–Trinajstić information content (AvgIpc) is 2.70. The smallest absolute Gasteiger partial charge is 0.371 e. The van der Waals surface area contributed by atoms with Crippen LogP contribution in [-0.2, 0) is 0 Å². The van der Waals surface area contributed by atoms with Crippen LogP contribution in [-0.4, -0.2) is 35.5 Å². The van der Waals surface area contributed by atoms with E-state index in [0.29, 0.717) is 17.1 Å². The lowest BCUT2D eigenvalue weighted by Gasteiger charge is -2.14. The molecule has 2 N–H and O–H groups in total. The van der Waals surface area contributed by atoms with Crippen molar-refractivity contribution in [1.82, 2.24) is 0 Å². The zero-order chi connectivity index (χ0) is 20.1. The van der Waals surface area contributed by atoms with Crippen molar-refractivity contribution in [2.45, 2.75) is 6.10 Å². The second-order valence-corrected chi connectivity index (χ2v) is 5.85. The van der Waals surface area contributed by atoms with Crippen molar-refractivity contribution in [3.63, 3.8) is 0 Å². The van der Waals surface area contributed by atoms with Gasteiger partial charge in [-0.2, -0.15) is 5.26 Å². The van der Waals surface area contributed by atoms with Gasteiger partial charge in [0.15, 0.2) is 5.43 Å². The molecule has 1 atom stereocenters. The van der Waals surface area contributed by atoms with Gasteiger partial charge in [-0.25, -0.2) is 4.79 Å². The molecule has 142 valence electrons. The van der Waals surface area contributed by atoms with Crippen LogP contribution in [0.25, 0.3) is 11.0 Å². The molecule has 1 aromatic heterocycles. The van der Waals surface area contributed by atoms with E-state index in [2.05, 4.69) is 0 Å². The van der Waals surface area contributed by atoms with E-state index in [1.165, 1.54) is 18.2 Å². The van der Waals surface area contributed by atoms with E-state index in [1.807, 2.05) is 6.07 Å². The first-order chi connectivity index (χ1) is 13.5. The summed E-state index contributed by atoms with van der Waals surface area (Å²) in [7, 11) is 0. The van der Waals surface area contributed by atoms with Gasteiger partial charge in [0, 0.05) is 12.1 Å². The van der Waals surface area contributed by atoms with Crippen LogP contribution in [0.5, 0.6) is 11.5 Å². The second kappa shape index (κ2) is 8.24. The largest absolute Gasteiger partial charge is 0.491 e. The number of ether oxygens (including phenoxy) is 2. The molecule has 3 rings (SSSR count). The molecule has 0 saturated heterocycles. The topological polar surface area (TPSA) is 130 Å². The van der Waals surface area contributed by atoms with Crippen LogP contribution in [0.1, 0.15) is 16.1 Å². The van der Waals surface area contributed by atoms with E-state index in [4.69, 9.17) is 24.3 Å². The van der Waals surface area contributed by atoms with E-state index in [9.17, 15) is 14.7 Å². The van der Waals surface area contributed by atoms with Gasteiger partial charge in [0.2, 0.25) is 5.76 Å². The Morgan fingerprint density at radius 1 is 1.07 bits per heavy atom. The number of rotatable bonds is 7. The molecule has 0 aliphatic rings. The summed E-state index contributed by atoms with van der Waals surface area (Å²) < 4.78 is 16.1. The summed E-state index contributed by atoms with van der Waals surface area (Å²) in [5.74, 6) is -1.01. The number of nitrogens with zero attached hydrogens (tertiary/aromatic N) is 1. The van der Waals surface area contributed by atoms with E-state index < -0.39 is 23.3 Å². The van der Waals surface area contributed by atoms with Crippen LogP contribution in [0.15, 0.2) is 57.7 Å². The van der Waals surface area contributed by atoms with Crippen LogP contribution in [0, 0.1) is 11.3 Å². The Balaban J connectivity index is 1.61. The zero-order valence-corrected chi connectivity index (χ0v) is 14.5. The molecule has 0 amide bonds. The van der Waals surface area contributed by atoms with Crippen molar-refractivity contribution in [2.75, 3.05) is 13.2 Å². The van der Waals surface area contributed by atoms with Gasteiger partial charge in [0.05, 0.1) is 17.0 Å². The summed E-state index contributed by atoms with van der Waals surface area (Å²) in [5, 5.41) is 27.9. The molecule has 0 radical (unpaired) electrons. The predicted molar refractivity (Wildman–Crippen MR) is 97.6 cm³/mol. The fourth-order valence-corrected chi connectivity index (χ4v) is 2.39. The van der Waals surface area contributed by atoms with Crippen LogP contribution < -0.4 is 14.9 Å². The van der Waals surface area contributed by atoms with Gasteiger partial charge < -0.3 is 24.1 Å². The van der Waals surface area contributed by atoms with Crippen LogP contribution >= 0.6 is 0 Å². The van der Waals surface area contributed by atoms with E-state index >= 15 is 0 Å². The number of aromatic carboxylic acids is 1. The molecule has 0 saturated carbocycles. The highest BCUT2D eigenvalue weighted by Crippen LogP contribution is 2.20. The number of carbonyl (C=O) groups is 1. The third-order valence-corrected chi connectivity index (χ3v) is 3.78. The first-order valence-corrected chi connectivity index (χ1v) is 8.21. The summed E-state index contributed by atoms with van der Waals surface area (Å²) in [4.78, 5) is 22.9. The maximum absolute atomic E-state index is 11.9. The zero-order valence-electron chi connectivity index (χ0n) is 14.5. The highest BCUT2D eigenvalue weighted by atomic mass is 16.5. The van der Waals surface area contributed by atoms with Gasteiger partial charge in [-0.3, -0.25) is 4.79 Å². The Hall–Kier alpha value is -3.83. The van der Waals surface area contributed by atoms with Crippen molar-refractivity contribution in [3.8, 4) is 17.6 Å². The fourth-order valence-electron chi connectivity index (χ4n) is 2.39. The summed E-state index contributed by atoms with van der Waals surface area (Å²) in [6, 6.07) is 13.7. The van der Waals surface area contributed by atoms with Crippen LogP contribution in [0.4, 0.5) is 0 Å². The Labute approximate surface area is 158 Å². The van der Waals surface area contributed by atoms with Gasteiger partial charge in [-0.1, -0.05) is 0 Å². The molecule has 0 aliphatic heterocycles. The molecule has 0 fully saturated rings. The lowest BCUT2D eigenvalue weighted by Crippen LogP contribution is -2.25. The minimum Gasteiger partial charge on any atom is -0.491 e. The van der Waals surface area contributed by atoms with Crippen molar-refractivity contribution in [1.29, 1.82) is 5.26 Å². The number of nitriles is 1. The number of aliphatic hydroxyl groups is 1. The van der Waals surface area contributed by atoms with E-state index in [1.54, 1.807) is 24.3 Å². The third kappa shape index (κ3) is 4.47. The molecule has 0 bridgehead atoms. The molecule has 1 unspecified atom stereocenters. The maximum Gasteiger partial charge on any atom is 0.371 e. The average molecular weight is 381 g/mol. The Bertz CT molecular complexity index is 1100. The molecule has 0 aliphatic carbocycles. The van der Waals surface area contributed by atoms with Gasteiger partial charge in [0.1, 0.15) is 36.4 Å². The summed E-state index contributed by atoms with van der Waals surface area (Å²) in [6.07, 6.45) is -0.941. The quantitative estimate of drug-likeness (QED) is 0.637. The van der Waals surface area contributed by atoms with Gasteiger partial charge in [-0.15, -0.1) is 0 Å². The molecule has 1 heterocycles. The molecular weight excluding hydrogens is 366 g/mol. The normalized spacial score (nSPS) is 11.6. The summed E-state index contributed by atoms with van der Waals surface area (Å²) in [6.45, 7) is -0.123. The minimum atomic E-state index is -1.35. The number of hydrogen-bond donors (Lipinski definition) is 2. The predicted octanol–water partition coefficient (Wildman–Crippen LogP) is 2.18. The van der Waals surface area contributed by atoms with Gasteiger partial charge in [0.25, 0.3) is 0 Å². The number of hydrogen-bond acceptors (Lipinski definition) is 7. The van der Waals surface area contributed by atoms with Crippen molar-refractivity contribution in [2.24, 2.45) is 0 Å². The molecule has 8 nitrogen and oxygen atoms in total. The van der Waals surface area contributed by atoms with Gasteiger partial charge >= 0.3 is 5.97 Å². The maximum atomic E-state index is 11.9. The third-order valence-electron chi connectivity index (χ3n) is 3.78. The molecule has 8 heteroatoms. The standard InChI is InChI=1S/C20H15NO7/c21-9-12-1-3-14(4-2-12)26-10-13(22)11-27-15-5-6-16-17(23)8-19(20(24)25)28-18(16)7-15/h1-8,13,22H,10-11H2,(H,24,25). The summed E-state index contributed by atoms with van der Waals surface area (Å²) in [5.41, 5.74) is 0.108. The molecule has 28 heavy (non-hydrogen) atoms. The fraction of sp³-hybridized carbons (Fsp3) is 0.150. The highest BCUT2D eigenvalue weighted by molar-refractivity contribution is 5.87. The first kappa shape index (κ1) is 18.9. The number of carboxylic acid groups (broad SMARTS) is 1. The molecule has 3 aromatic rings. The monoisotopic (exact) mass is 381 g/mol. The lowest BCUT2D eigenvalue weighted by atomic mass is 10.2. The molecular formula is C20H15NO7. The Morgan fingerprint density at radius 2 is 1.71 bits per heavy atom. The Kier molecular flexibility index (Phi) is 5.58. The Morgan fingerprint density at radius 3 is 2.36 bits per heavy atom. The summed E-state index contributed by atoms with van der Waals surface area (Å²) >= 11 is 0. The van der Waals surface area contributed by atoms with Crippen LogP contribution in [0.3, 0.4) is 0 Å². The minimum absolute atomic E-state index is 0.0300. The van der Waals surface area contributed by atoms with Crippen molar-refractivity contribution in [3.05, 3.63) is 70.1 Å². The van der Waals surface area contributed by atoms with Crippen LogP contribution in [0.2, 0.25) is 0 Å². The van der Waals surface area contributed by atoms with E-state index in [-0.39, 0.29) is 24.2 Å². The molecule has 2 aromatic carbocycles. The number of fused-ring (bicyclic) bond motifs is 1. The van der Waals surface area contributed by atoms with E-state index in [0.717, 1.165) is 6.07 Å². The lowest BCUT2D eigenvalue weighted by molar-refractivity contribution is 0.0626. The second-order valence-electron chi connectivity index (χ2n) is 5.85. The SMILES string of the molecule is N#Cc1ccc(OCC(O)COc2ccc3c(=O)cc(C(=O)O)oc3c2)cc1. The van der Waals surface area contributed by atoms with Gasteiger partial charge in [-0.05, 0) is 36.4 Å². The number of benzene rings is 2. The first-order valence-electron chi connectivity index (χ1n) is 8.21.